The first-order valence-corrected chi connectivity index (χ1v) is 10.5. The normalized spacial score (nSPS) is 16.3. The molecule has 0 aromatic heterocycles. The van der Waals surface area contributed by atoms with E-state index in [4.69, 9.17) is 23.7 Å². The summed E-state index contributed by atoms with van der Waals surface area (Å²) in [5, 5.41) is 5.71. The summed E-state index contributed by atoms with van der Waals surface area (Å²) in [6, 6.07) is 5.11. The van der Waals surface area contributed by atoms with Crippen molar-refractivity contribution < 1.29 is 28.5 Å². The van der Waals surface area contributed by atoms with Gasteiger partial charge in [-0.3, -0.25) is 0 Å². The fraction of sp³-hybridized carbons (Fsp3) is 0.667. The molecular weight excluding hydrogens is 376 g/mol. The standard InChI is InChI=1S/C21H34N2O6/c1-2-3-4-5-8-22-21(24)23-18-6-7-19-20(17-18)29-16-14-27-12-10-25-9-11-26-13-15-28-19/h6-7,17H,2-5,8-16H2,1H3,(H2,22,23,24). The molecule has 0 fully saturated rings. The van der Waals surface area contributed by atoms with Gasteiger partial charge in [0.05, 0.1) is 39.6 Å². The lowest BCUT2D eigenvalue weighted by atomic mass is 10.2. The van der Waals surface area contributed by atoms with Crippen LogP contribution in [0.2, 0.25) is 0 Å². The molecule has 0 saturated heterocycles. The van der Waals surface area contributed by atoms with Crippen LogP contribution >= 0.6 is 0 Å². The van der Waals surface area contributed by atoms with Crippen LogP contribution in [0.5, 0.6) is 11.5 Å². The van der Waals surface area contributed by atoms with Gasteiger partial charge >= 0.3 is 6.03 Å². The molecule has 0 spiro atoms. The minimum absolute atomic E-state index is 0.226. The van der Waals surface area contributed by atoms with Crippen molar-refractivity contribution in [3.05, 3.63) is 18.2 Å². The lowest BCUT2D eigenvalue weighted by molar-refractivity contribution is 0.00708. The lowest BCUT2D eigenvalue weighted by Crippen LogP contribution is -2.29. The monoisotopic (exact) mass is 410 g/mol. The fourth-order valence-electron chi connectivity index (χ4n) is 2.71. The Morgan fingerprint density at radius 2 is 1.45 bits per heavy atom. The molecule has 0 aliphatic carbocycles. The molecule has 1 aliphatic heterocycles. The number of hydrogen-bond acceptors (Lipinski definition) is 6. The molecule has 0 bridgehead atoms. The number of carbonyl (C=O) groups is 1. The third-order valence-corrected chi connectivity index (χ3v) is 4.23. The van der Waals surface area contributed by atoms with E-state index < -0.39 is 0 Å². The van der Waals surface area contributed by atoms with Crippen LogP contribution < -0.4 is 20.1 Å². The summed E-state index contributed by atoms with van der Waals surface area (Å²) in [4.78, 5) is 12.1. The van der Waals surface area contributed by atoms with Crippen LogP contribution in [-0.2, 0) is 14.2 Å². The number of unbranched alkanes of at least 4 members (excludes halogenated alkanes) is 3. The lowest BCUT2D eigenvalue weighted by Gasteiger charge is -2.15. The van der Waals surface area contributed by atoms with E-state index in [0.29, 0.717) is 76.6 Å². The first-order chi connectivity index (χ1) is 14.3. The Morgan fingerprint density at radius 3 is 2.10 bits per heavy atom. The number of ether oxygens (including phenoxy) is 5. The summed E-state index contributed by atoms with van der Waals surface area (Å²) < 4.78 is 27.9. The van der Waals surface area contributed by atoms with Gasteiger partial charge in [0.2, 0.25) is 0 Å². The van der Waals surface area contributed by atoms with Crippen LogP contribution in [0.25, 0.3) is 0 Å². The molecule has 0 atom stereocenters. The molecule has 2 rings (SSSR count). The van der Waals surface area contributed by atoms with Crippen molar-refractivity contribution >= 4 is 11.7 Å². The van der Waals surface area contributed by atoms with Crippen molar-refractivity contribution in [1.82, 2.24) is 5.32 Å². The van der Waals surface area contributed by atoms with Crippen molar-refractivity contribution in [1.29, 1.82) is 0 Å². The number of nitrogens with one attached hydrogen (secondary N) is 2. The third-order valence-electron chi connectivity index (χ3n) is 4.23. The number of benzene rings is 1. The summed E-state index contributed by atoms with van der Waals surface area (Å²) in [5.41, 5.74) is 0.641. The van der Waals surface area contributed by atoms with E-state index in [2.05, 4.69) is 17.6 Å². The first kappa shape index (κ1) is 23.3. The first-order valence-electron chi connectivity index (χ1n) is 10.5. The van der Waals surface area contributed by atoms with Crippen molar-refractivity contribution in [3.8, 4) is 11.5 Å². The minimum Gasteiger partial charge on any atom is -0.487 e. The van der Waals surface area contributed by atoms with E-state index >= 15 is 0 Å². The van der Waals surface area contributed by atoms with Gasteiger partial charge in [-0.05, 0) is 18.6 Å². The number of carbonyl (C=O) groups excluding carboxylic acids is 1. The van der Waals surface area contributed by atoms with Gasteiger partial charge in [0.15, 0.2) is 11.5 Å². The molecule has 164 valence electrons. The topological polar surface area (TPSA) is 87.3 Å². The molecule has 1 heterocycles. The van der Waals surface area contributed by atoms with Gasteiger partial charge in [-0.2, -0.15) is 0 Å². The van der Waals surface area contributed by atoms with Gasteiger partial charge in [-0.1, -0.05) is 26.2 Å². The van der Waals surface area contributed by atoms with Crippen molar-refractivity contribution in [2.75, 3.05) is 64.7 Å². The second-order valence-electron chi connectivity index (χ2n) is 6.64. The van der Waals surface area contributed by atoms with Crippen molar-refractivity contribution in [2.24, 2.45) is 0 Å². The largest absolute Gasteiger partial charge is 0.487 e. The molecule has 1 aromatic carbocycles. The van der Waals surface area contributed by atoms with Gasteiger partial charge in [0.25, 0.3) is 0 Å². The van der Waals surface area contributed by atoms with Crippen LogP contribution in [0.15, 0.2) is 18.2 Å². The zero-order chi connectivity index (χ0) is 20.6. The predicted octanol–water partition coefficient (Wildman–Crippen LogP) is 3.21. The predicted molar refractivity (Wildman–Crippen MR) is 111 cm³/mol. The van der Waals surface area contributed by atoms with Gasteiger partial charge in [-0.25, -0.2) is 4.79 Å². The Labute approximate surface area is 173 Å². The highest BCUT2D eigenvalue weighted by molar-refractivity contribution is 5.89. The number of fused-ring (bicyclic) bond motifs is 1. The number of rotatable bonds is 6. The number of hydrogen-bond donors (Lipinski definition) is 2. The number of amides is 2. The average Bonchev–Trinajstić information content (AvgIpc) is 2.73. The Morgan fingerprint density at radius 1 is 0.828 bits per heavy atom. The summed E-state index contributed by atoms with van der Waals surface area (Å²) in [6.45, 7) is 6.58. The molecule has 0 radical (unpaired) electrons. The molecule has 2 N–H and O–H groups in total. The highest BCUT2D eigenvalue weighted by atomic mass is 16.6. The fourth-order valence-corrected chi connectivity index (χ4v) is 2.71. The molecule has 2 amide bonds. The maximum Gasteiger partial charge on any atom is 0.319 e. The van der Waals surface area contributed by atoms with E-state index in [1.165, 1.54) is 12.8 Å². The zero-order valence-corrected chi connectivity index (χ0v) is 17.4. The summed E-state index contributed by atoms with van der Waals surface area (Å²) >= 11 is 0. The van der Waals surface area contributed by atoms with Crippen LogP contribution in [0.1, 0.15) is 32.6 Å². The van der Waals surface area contributed by atoms with E-state index in [1.54, 1.807) is 18.2 Å². The van der Waals surface area contributed by atoms with Gasteiger partial charge in [0, 0.05) is 18.3 Å². The van der Waals surface area contributed by atoms with Gasteiger partial charge < -0.3 is 34.3 Å². The quantitative estimate of drug-likeness (QED) is 0.701. The third kappa shape index (κ3) is 10.3. The van der Waals surface area contributed by atoms with Crippen LogP contribution in [0.3, 0.4) is 0 Å². The van der Waals surface area contributed by atoms with Crippen LogP contribution in [-0.4, -0.2) is 65.4 Å². The summed E-state index contributed by atoms with van der Waals surface area (Å²) in [7, 11) is 0. The van der Waals surface area contributed by atoms with Crippen LogP contribution in [0.4, 0.5) is 10.5 Å². The molecule has 1 aliphatic rings. The SMILES string of the molecule is CCCCCCNC(=O)Nc1ccc2c(c1)OCCOCCOCCOCCO2. The second-order valence-corrected chi connectivity index (χ2v) is 6.64. The van der Waals surface area contributed by atoms with E-state index in [-0.39, 0.29) is 6.03 Å². The maximum atomic E-state index is 12.1. The van der Waals surface area contributed by atoms with Gasteiger partial charge in [-0.15, -0.1) is 0 Å². The van der Waals surface area contributed by atoms with Crippen LogP contribution in [0, 0.1) is 0 Å². The highest BCUT2D eigenvalue weighted by Gasteiger charge is 2.10. The van der Waals surface area contributed by atoms with Crippen molar-refractivity contribution in [2.45, 2.75) is 32.6 Å². The molecule has 8 nitrogen and oxygen atoms in total. The van der Waals surface area contributed by atoms with Gasteiger partial charge in [0.1, 0.15) is 13.2 Å². The average molecular weight is 411 g/mol. The molecule has 29 heavy (non-hydrogen) atoms. The Bertz CT molecular complexity index is 584. The Hall–Kier alpha value is -2.03. The molecule has 0 saturated carbocycles. The van der Waals surface area contributed by atoms with E-state index in [1.807, 2.05) is 0 Å². The molecule has 1 aromatic rings. The Balaban J connectivity index is 1.88. The smallest absolute Gasteiger partial charge is 0.319 e. The second kappa shape index (κ2) is 14.9. The molecular formula is C21H34N2O6. The van der Waals surface area contributed by atoms with Crippen molar-refractivity contribution in [3.63, 3.8) is 0 Å². The number of anilines is 1. The van der Waals surface area contributed by atoms with E-state index in [0.717, 1.165) is 12.8 Å². The summed E-state index contributed by atoms with van der Waals surface area (Å²) in [5.74, 6) is 1.16. The summed E-state index contributed by atoms with van der Waals surface area (Å²) in [6.07, 6.45) is 4.47. The molecule has 0 unspecified atom stereocenters. The minimum atomic E-state index is -0.226. The zero-order valence-electron chi connectivity index (χ0n) is 17.4. The molecule has 8 heteroatoms. The number of urea groups is 1. The van der Waals surface area contributed by atoms with E-state index in [9.17, 15) is 4.79 Å². The Kier molecular flexibility index (Phi) is 11.9. The highest BCUT2D eigenvalue weighted by Crippen LogP contribution is 2.30. The maximum absolute atomic E-state index is 12.1.